The maximum absolute atomic E-state index is 13.0. The van der Waals surface area contributed by atoms with Gasteiger partial charge in [0.2, 0.25) is 11.9 Å². The first-order chi connectivity index (χ1) is 22.3. The highest BCUT2D eigenvalue weighted by molar-refractivity contribution is 7.90. The molecule has 0 aliphatic heterocycles. The molecule has 0 saturated heterocycles. The van der Waals surface area contributed by atoms with Crippen LogP contribution in [-0.4, -0.2) is 70.3 Å². The number of alkyl carbamates (subject to hydrolysis) is 1. The van der Waals surface area contributed by atoms with Crippen molar-refractivity contribution in [2.24, 2.45) is 10.7 Å². The second kappa shape index (κ2) is 15.0. The molecule has 13 nitrogen and oxygen atoms in total. The number of guanidine groups is 1. The molecule has 14 heteroatoms. The van der Waals surface area contributed by atoms with Crippen LogP contribution in [-0.2, 0) is 24.3 Å². The molecule has 0 aromatic heterocycles. The number of carboxylic acid groups (broad SMARTS) is 1. The van der Waals surface area contributed by atoms with Gasteiger partial charge in [-0.1, -0.05) is 48.5 Å². The first kappa shape index (κ1) is 34.8. The molecule has 1 aliphatic carbocycles. The number of nitrogens with two attached hydrogens (primary N) is 1. The zero-order valence-corrected chi connectivity index (χ0v) is 27.4. The summed E-state index contributed by atoms with van der Waals surface area (Å²) in [7, 11) is -2.55. The maximum atomic E-state index is 13.0. The SMILES string of the molecule is COc1cc(C)c(S(=O)(=O)NC(N)=NCCC[C@H](NC(=O)CNC(=O)OCC2c3ccccc3-c3ccccc32)C(=O)O)c(C)c1C. The van der Waals surface area contributed by atoms with Crippen LogP contribution in [0.5, 0.6) is 5.75 Å². The van der Waals surface area contributed by atoms with Crippen molar-refractivity contribution < 1.29 is 37.4 Å². The summed E-state index contributed by atoms with van der Waals surface area (Å²) >= 11 is 0. The average molecular weight is 666 g/mol. The molecular weight excluding hydrogens is 626 g/mol. The van der Waals surface area contributed by atoms with E-state index in [0.29, 0.717) is 22.4 Å². The molecule has 250 valence electrons. The van der Waals surface area contributed by atoms with Gasteiger partial charge in [-0.05, 0) is 78.6 Å². The van der Waals surface area contributed by atoms with Crippen LogP contribution in [0.4, 0.5) is 4.79 Å². The number of nitrogens with one attached hydrogen (secondary N) is 3. The predicted molar refractivity (Wildman–Crippen MR) is 176 cm³/mol. The molecule has 0 radical (unpaired) electrons. The van der Waals surface area contributed by atoms with Gasteiger partial charge < -0.3 is 30.9 Å². The lowest BCUT2D eigenvalue weighted by Gasteiger charge is -2.17. The fraction of sp³-hybridized carbons (Fsp3) is 0.333. The van der Waals surface area contributed by atoms with Crippen molar-refractivity contribution in [3.63, 3.8) is 0 Å². The summed E-state index contributed by atoms with van der Waals surface area (Å²) in [6.45, 7) is 4.63. The number of aliphatic imine (C=N–C) groups is 1. The van der Waals surface area contributed by atoms with E-state index in [1.165, 1.54) is 7.11 Å². The number of carbonyl (C=O) groups excluding carboxylic acids is 2. The zero-order chi connectivity index (χ0) is 34.3. The van der Waals surface area contributed by atoms with Crippen molar-refractivity contribution in [1.82, 2.24) is 15.4 Å². The highest BCUT2D eigenvalue weighted by Crippen LogP contribution is 2.44. The van der Waals surface area contributed by atoms with Crippen molar-refractivity contribution in [2.75, 3.05) is 26.8 Å². The molecule has 0 heterocycles. The Morgan fingerprint density at radius 1 is 1.00 bits per heavy atom. The third-order valence-electron chi connectivity index (χ3n) is 8.01. The molecule has 0 fully saturated rings. The number of rotatable bonds is 13. The number of hydrogen-bond donors (Lipinski definition) is 5. The van der Waals surface area contributed by atoms with Crippen LogP contribution in [0.25, 0.3) is 11.1 Å². The number of sulfonamides is 1. The minimum absolute atomic E-state index is 0.00833. The van der Waals surface area contributed by atoms with Crippen LogP contribution >= 0.6 is 0 Å². The molecule has 3 aromatic carbocycles. The van der Waals surface area contributed by atoms with Gasteiger partial charge in [0.15, 0.2) is 0 Å². The zero-order valence-electron chi connectivity index (χ0n) is 26.6. The number of benzene rings is 3. The number of nitrogens with zero attached hydrogens (tertiary/aromatic N) is 1. The number of aliphatic carboxylic acids is 1. The van der Waals surface area contributed by atoms with Gasteiger partial charge in [0.25, 0.3) is 10.0 Å². The third-order valence-corrected chi connectivity index (χ3v) is 9.65. The molecule has 4 rings (SSSR count). The molecule has 0 spiro atoms. The lowest BCUT2D eigenvalue weighted by molar-refractivity contribution is -0.141. The summed E-state index contributed by atoms with van der Waals surface area (Å²) in [5, 5.41) is 14.3. The van der Waals surface area contributed by atoms with E-state index >= 15 is 0 Å². The van der Waals surface area contributed by atoms with Crippen molar-refractivity contribution in [3.8, 4) is 16.9 Å². The molecular formula is C33H39N5O8S. The Morgan fingerprint density at radius 3 is 2.21 bits per heavy atom. The first-order valence-electron chi connectivity index (χ1n) is 14.9. The fourth-order valence-electron chi connectivity index (χ4n) is 5.67. The second-order valence-electron chi connectivity index (χ2n) is 11.1. The lowest BCUT2D eigenvalue weighted by Crippen LogP contribution is -2.45. The van der Waals surface area contributed by atoms with E-state index in [9.17, 15) is 27.9 Å². The fourth-order valence-corrected chi connectivity index (χ4v) is 7.15. The van der Waals surface area contributed by atoms with Gasteiger partial charge in [-0.25, -0.2) is 22.7 Å². The largest absolute Gasteiger partial charge is 0.496 e. The number of aryl methyl sites for hydroxylation is 1. The van der Waals surface area contributed by atoms with E-state index in [1.54, 1.807) is 26.8 Å². The molecule has 1 aliphatic rings. The Labute approximate surface area is 273 Å². The number of amides is 2. The Kier molecular flexibility index (Phi) is 11.1. The molecule has 0 bridgehead atoms. The number of carboxylic acids is 1. The van der Waals surface area contributed by atoms with Gasteiger partial charge in [0, 0.05) is 12.5 Å². The van der Waals surface area contributed by atoms with Crippen molar-refractivity contribution in [2.45, 2.75) is 50.5 Å². The standard InChI is InChI=1S/C33H39N5O8S/c1-19-16-28(45-4)20(2)21(3)30(19)47(43,44)38-32(34)35-15-9-14-27(31(40)41)37-29(39)17-36-33(42)46-18-26-24-12-7-5-10-22(24)23-11-6-8-13-25(23)26/h5-8,10-13,16,26-27H,9,14-15,17-18H2,1-4H3,(H,36,42)(H,37,39)(H,40,41)(H3,34,35,38)/t27-/m0/s1. The normalized spacial score (nSPS) is 13.2. The number of methoxy groups -OCH3 is 1. The van der Waals surface area contributed by atoms with Crippen LogP contribution in [0.15, 0.2) is 64.5 Å². The van der Waals surface area contributed by atoms with E-state index in [1.807, 2.05) is 48.5 Å². The van der Waals surface area contributed by atoms with Gasteiger partial charge in [0.05, 0.1) is 12.0 Å². The third kappa shape index (κ3) is 8.19. The Morgan fingerprint density at radius 2 is 1.62 bits per heavy atom. The van der Waals surface area contributed by atoms with Crippen molar-refractivity contribution >= 4 is 34.0 Å². The van der Waals surface area contributed by atoms with Crippen LogP contribution in [0.2, 0.25) is 0 Å². The Bertz CT molecular complexity index is 1760. The predicted octanol–water partition coefficient (Wildman–Crippen LogP) is 3.10. The van der Waals surface area contributed by atoms with Crippen LogP contribution in [0, 0.1) is 20.8 Å². The Hall–Kier alpha value is -5.11. The molecule has 3 aromatic rings. The van der Waals surface area contributed by atoms with Crippen molar-refractivity contribution in [3.05, 3.63) is 82.4 Å². The van der Waals surface area contributed by atoms with E-state index in [0.717, 1.165) is 22.3 Å². The highest BCUT2D eigenvalue weighted by atomic mass is 32.2. The highest BCUT2D eigenvalue weighted by Gasteiger charge is 2.29. The number of ether oxygens (including phenoxy) is 2. The smallest absolute Gasteiger partial charge is 0.407 e. The van der Waals surface area contributed by atoms with Crippen LogP contribution < -0.4 is 25.8 Å². The summed E-state index contributed by atoms with van der Waals surface area (Å²) < 4.78 is 39.0. The molecule has 1 atom stereocenters. The minimum atomic E-state index is -4.06. The molecule has 47 heavy (non-hydrogen) atoms. The average Bonchev–Trinajstić information content (AvgIpc) is 3.35. The van der Waals surface area contributed by atoms with Gasteiger partial charge >= 0.3 is 12.1 Å². The second-order valence-corrected chi connectivity index (χ2v) is 12.7. The number of fused-ring (bicyclic) bond motifs is 3. The van der Waals surface area contributed by atoms with E-state index in [2.05, 4.69) is 20.3 Å². The van der Waals surface area contributed by atoms with Crippen LogP contribution in [0.1, 0.15) is 46.6 Å². The van der Waals surface area contributed by atoms with Gasteiger partial charge in [-0.3, -0.25) is 9.79 Å². The van der Waals surface area contributed by atoms with E-state index in [-0.39, 0.29) is 42.8 Å². The summed E-state index contributed by atoms with van der Waals surface area (Å²) in [4.78, 5) is 40.6. The Balaban J connectivity index is 1.23. The summed E-state index contributed by atoms with van der Waals surface area (Å²) in [5.41, 5.74) is 11.7. The van der Waals surface area contributed by atoms with E-state index in [4.69, 9.17) is 15.2 Å². The maximum Gasteiger partial charge on any atom is 0.407 e. The minimum Gasteiger partial charge on any atom is -0.496 e. The quantitative estimate of drug-likeness (QED) is 0.103. The summed E-state index contributed by atoms with van der Waals surface area (Å²) in [5.74, 6) is -1.94. The van der Waals surface area contributed by atoms with Gasteiger partial charge in [0.1, 0.15) is 24.9 Å². The topological polar surface area (TPSA) is 199 Å². The van der Waals surface area contributed by atoms with E-state index < -0.39 is 40.6 Å². The molecule has 0 unspecified atom stereocenters. The lowest BCUT2D eigenvalue weighted by atomic mass is 9.98. The number of hydrogen-bond acceptors (Lipinski definition) is 8. The molecule has 2 amide bonds. The summed E-state index contributed by atoms with van der Waals surface area (Å²) in [6, 6.07) is 16.1. The summed E-state index contributed by atoms with van der Waals surface area (Å²) in [6.07, 6.45) is -0.665. The number of carbonyl (C=O) groups is 3. The monoisotopic (exact) mass is 665 g/mol. The molecule has 6 N–H and O–H groups in total. The first-order valence-corrected chi connectivity index (χ1v) is 16.4. The van der Waals surface area contributed by atoms with Gasteiger partial charge in [-0.2, -0.15) is 0 Å². The van der Waals surface area contributed by atoms with Gasteiger partial charge in [-0.15, -0.1) is 0 Å². The molecule has 0 saturated carbocycles. The van der Waals surface area contributed by atoms with Crippen molar-refractivity contribution in [1.29, 1.82) is 0 Å². The van der Waals surface area contributed by atoms with Crippen LogP contribution in [0.3, 0.4) is 0 Å².